The number of nitrogens with zero attached hydrogens (tertiary/aromatic N) is 3. The first-order chi connectivity index (χ1) is 11.9. The Bertz CT molecular complexity index is 866. The zero-order valence-electron chi connectivity index (χ0n) is 15.0. The molecule has 0 saturated carbocycles. The van der Waals surface area contributed by atoms with Crippen LogP contribution in [0.3, 0.4) is 0 Å². The van der Waals surface area contributed by atoms with E-state index in [1.165, 1.54) is 10.5 Å². The predicted molar refractivity (Wildman–Crippen MR) is 110 cm³/mol. The molecule has 0 unspecified atom stereocenters. The van der Waals surface area contributed by atoms with Crippen LogP contribution in [0.2, 0.25) is 0 Å². The van der Waals surface area contributed by atoms with Crippen molar-refractivity contribution >= 4 is 44.4 Å². The maximum Gasteiger partial charge on any atom is 0.129 e. The molecular weight excluding hydrogens is 396 g/mol. The quantitative estimate of drug-likeness (QED) is 0.549. The van der Waals surface area contributed by atoms with Gasteiger partial charge in [0.15, 0.2) is 0 Å². The van der Waals surface area contributed by atoms with Gasteiger partial charge in [-0.3, -0.25) is 0 Å². The smallest absolute Gasteiger partial charge is 0.129 e. The highest BCUT2D eigenvalue weighted by molar-refractivity contribution is 9.10. The zero-order valence-corrected chi connectivity index (χ0v) is 17.4. The fourth-order valence-corrected chi connectivity index (χ4v) is 3.61. The Labute approximate surface area is 161 Å². The molecule has 0 fully saturated rings. The fourth-order valence-electron chi connectivity index (χ4n) is 2.65. The summed E-state index contributed by atoms with van der Waals surface area (Å²) in [5.74, 6) is 0. The molecule has 0 spiro atoms. The highest BCUT2D eigenvalue weighted by Gasteiger charge is 2.16. The van der Waals surface area contributed by atoms with Crippen molar-refractivity contribution in [3.8, 4) is 0 Å². The number of hydrogen-bond donors (Lipinski definition) is 1. The van der Waals surface area contributed by atoms with Gasteiger partial charge < -0.3 is 5.32 Å². The van der Waals surface area contributed by atoms with Crippen LogP contribution in [-0.2, 0) is 13.1 Å². The Morgan fingerprint density at radius 1 is 1.12 bits per heavy atom. The molecule has 132 valence electrons. The van der Waals surface area contributed by atoms with Crippen LogP contribution in [0.4, 0.5) is 5.69 Å². The molecule has 1 aromatic heterocycles. The Hall–Kier alpha value is -1.53. The van der Waals surface area contributed by atoms with Gasteiger partial charge in [0.25, 0.3) is 0 Å². The van der Waals surface area contributed by atoms with Crippen LogP contribution in [-0.4, -0.2) is 21.2 Å². The Balaban J connectivity index is 1.79. The van der Waals surface area contributed by atoms with Crippen molar-refractivity contribution in [2.45, 2.75) is 38.8 Å². The maximum atomic E-state index is 4.36. The second-order valence-electron chi connectivity index (χ2n) is 7.30. The molecule has 3 rings (SSSR count). The van der Waals surface area contributed by atoms with E-state index in [9.17, 15) is 0 Å². The van der Waals surface area contributed by atoms with Gasteiger partial charge in [0, 0.05) is 18.0 Å². The first-order valence-electron chi connectivity index (χ1n) is 8.26. The van der Waals surface area contributed by atoms with Crippen molar-refractivity contribution in [1.82, 2.24) is 15.0 Å². The van der Waals surface area contributed by atoms with Crippen molar-refractivity contribution in [3.05, 3.63) is 46.4 Å². The molecule has 0 aliphatic rings. The molecule has 0 bridgehead atoms. The van der Waals surface area contributed by atoms with Crippen molar-refractivity contribution < 1.29 is 0 Å². The number of anilines is 1. The van der Waals surface area contributed by atoms with Gasteiger partial charge in [-0.1, -0.05) is 38.1 Å². The summed E-state index contributed by atoms with van der Waals surface area (Å²) in [5.41, 5.74) is 4.39. The molecule has 4 nitrogen and oxygen atoms in total. The van der Waals surface area contributed by atoms with E-state index < -0.39 is 0 Å². The van der Waals surface area contributed by atoms with E-state index in [1.807, 2.05) is 4.68 Å². The van der Waals surface area contributed by atoms with Crippen LogP contribution in [0.1, 0.15) is 26.3 Å². The minimum atomic E-state index is 0.160. The normalized spacial score (nSPS) is 11.9. The molecule has 0 amide bonds. The monoisotopic (exact) mass is 418 g/mol. The largest absolute Gasteiger partial charge is 0.380 e. The SMILES string of the molecule is CSc1ccc(CNc2ccc3c(nnn3CC(C)(C)C)c2Br)cc1. The van der Waals surface area contributed by atoms with E-state index in [2.05, 4.69) is 95.0 Å². The number of fused-ring (bicyclic) bond motifs is 1. The summed E-state index contributed by atoms with van der Waals surface area (Å²) in [6.07, 6.45) is 2.09. The van der Waals surface area contributed by atoms with E-state index in [4.69, 9.17) is 0 Å². The minimum Gasteiger partial charge on any atom is -0.380 e. The topological polar surface area (TPSA) is 42.7 Å². The van der Waals surface area contributed by atoms with Gasteiger partial charge >= 0.3 is 0 Å². The summed E-state index contributed by atoms with van der Waals surface area (Å²) in [6, 6.07) is 12.8. The van der Waals surface area contributed by atoms with Crippen LogP contribution < -0.4 is 5.32 Å². The van der Waals surface area contributed by atoms with Gasteiger partial charge in [0.05, 0.1) is 15.7 Å². The second kappa shape index (κ2) is 7.38. The first kappa shape index (κ1) is 18.3. The molecule has 0 aliphatic heterocycles. The Morgan fingerprint density at radius 3 is 2.48 bits per heavy atom. The lowest BCUT2D eigenvalue weighted by atomic mass is 9.97. The molecule has 25 heavy (non-hydrogen) atoms. The van der Waals surface area contributed by atoms with Crippen LogP contribution in [0, 0.1) is 5.41 Å². The van der Waals surface area contributed by atoms with Gasteiger partial charge in [-0.15, -0.1) is 16.9 Å². The van der Waals surface area contributed by atoms with E-state index >= 15 is 0 Å². The summed E-state index contributed by atoms with van der Waals surface area (Å²) in [4.78, 5) is 1.28. The molecule has 0 saturated heterocycles. The van der Waals surface area contributed by atoms with Crippen LogP contribution in [0.25, 0.3) is 11.0 Å². The van der Waals surface area contributed by atoms with Gasteiger partial charge in [0.1, 0.15) is 5.52 Å². The molecule has 1 heterocycles. The van der Waals surface area contributed by atoms with Crippen molar-refractivity contribution in [3.63, 3.8) is 0 Å². The average molecular weight is 419 g/mol. The van der Waals surface area contributed by atoms with E-state index in [0.29, 0.717) is 0 Å². The van der Waals surface area contributed by atoms with Crippen LogP contribution in [0.15, 0.2) is 45.8 Å². The summed E-state index contributed by atoms with van der Waals surface area (Å²) in [6.45, 7) is 8.22. The van der Waals surface area contributed by atoms with Gasteiger partial charge in [-0.2, -0.15) is 0 Å². The maximum absolute atomic E-state index is 4.36. The highest BCUT2D eigenvalue weighted by atomic mass is 79.9. The molecular formula is C19H23BrN4S. The molecule has 0 radical (unpaired) electrons. The molecule has 0 atom stereocenters. The highest BCUT2D eigenvalue weighted by Crippen LogP contribution is 2.31. The minimum absolute atomic E-state index is 0.160. The number of hydrogen-bond acceptors (Lipinski definition) is 4. The number of nitrogens with one attached hydrogen (secondary N) is 1. The van der Waals surface area contributed by atoms with Gasteiger partial charge in [-0.05, 0) is 57.4 Å². The predicted octanol–water partition coefficient (Wildman–Crippen LogP) is 5.57. The van der Waals surface area contributed by atoms with E-state index in [-0.39, 0.29) is 5.41 Å². The number of aromatic nitrogens is 3. The van der Waals surface area contributed by atoms with Crippen molar-refractivity contribution in [2.24, 2.45) is 5.41 Å². The summed E-state index contributed by atoms with van der Waals surface area (Å²) >= 11 is 5.45. The number of halogens is 1. The Kier molecular flexibility index (Phi) is 5.39. The summed E-state index contributed by atoms with van der Waals surface area (Å²) < 4.78 is 2.94. The lowest BCUT2D eigenvalue weighted by molar-refractivity contribution is 0.327. The third kappa shape index (κ3) is 4.36. The zero-order chi connectivity index (χ0) is 18.0. The standard InChI is InChI=1S/C19H23BrN4S/c1-19(2,3)12-24-16-10-9-15(17(20)18(16)22-23-24)21-11-13-5-7-14(25-4)8-6-13/h5-10,21H,11-12H2,1-4H3. The number of thioether (sulfide) groups is 1. The summed E-state index contributed by atoms with van der Waals surface area (Å²) in [7, 11) is 0. The molecule has 1 N–H and O–H groups in total. The number of rotatable bonds is 5. The fraction of sp³-hybridized carbons (Fsp3) is 0.368. The molecule has 6 heteroatoms. The molecule has 0 aliphatic carbocycles. The lowest BCUT2D eigenvalue weighted by Gasteiger charge is -2.18. The molecule has 3 aromatic rings. The summed E-state index contributed by atoms with van der Waals surface area (Å²) in [5, 5.41) is 12.2. The van der Waals surface area contributed by atoms with Crippen molar-refractivity contribution in [2.75, 3.05) is 11.6 Å². The van der Waals surface area contributed by atoms with Gasteiger partial charge in [-0.25, -0.2) is 4.68 Å². The number of benzene rings is 2. The van der Waals surface area contributed by atoms with Gasteiger partial charge in [0.2, 0.25) is 0 Å². The van der Waals surface area contributed by atoms with E-state index in [1.54, 1.807) is 11.8 Å². The lowest BCUT2D eigenvalue weighted by Crippen LogP contribution is -2.16. The second-order valence-corrected chi connectivity index (χ2v) is 8.98. The third-order valence-electron chi connectivity index (χ3n) is 3.89. The third-order valence-corrected chi connectivity index (χ3v) is 5.44. The first-order valence-corrected chi connectivity index (χ1v) is 10.3. The Morgan fingerprint density at radius 2 is 1.84 bits per heavy atom. The average Bonchev–Trinajstić information content (AvgIpc) is 2.96. The van der Waals surface area contributed by atoms with E-state index in [0.717, 1.165) is 34.3 Å². The van der Waals surface area contributed by atoms with Crippen LogP contribution >= 0.6 is 27.7 Å². The van der Waals surface area contributed by atoms with Crippen molar-refractivity contribution in [1.29, 1.82) is 0 Å². The molecule has 2 aromatic carbocycles. The van der Waals surface area contributed by atoms with Crippen LogP contribution in [0.5, 0.6) is 0 Å².